The molecule has 2 aliphatic heterocycles. The molecular weight excluding hydrogens is 214 g/mol. The number of ether oxygens (including phenoxy) is 1. The summed E-state index contributed by atoms with van der Waals surface area (Å²) in [5.41, 5.74) is 0. The van der Waals surface area contributed by atoms with E-state index in [1.54, 1.807) is 0 Å². The smallest absolute Gasteiger partial charge is 0.0826 e. The summed E-state index contributed by atoms with van der Waals surface area (Å²) < 4.78 is 5.73. The lowest BCUT2D eigenvalue weighted by atomic mass is 10.0. The molecule has 2 fully saturated rings. The monoisotopic (exact) mass is 241 g/mol. The van der Waals surface area contributed by atoms with Crippen molar-refractivity contribution in [1.82, 2.24) is 15.1 Å². The summed E-state index contributed by atoms with van der Waals surface area (Å²) in [6.07, 6.45) is 3.10. The first-order chi connectivity index (χ1) is 8.24. The molecule has 0 saturated carbocycles. The second-order valence-corrected chi connectivity index (χ2v) is 5.66. The van der Waals surface area contributed by atoms with Gasteiger partial charge < -0.3 is 19.9 Å². The van der Waals surface area contributed by atoms with Crippen LogP contribution in [0.1, 0.15) is 12.8 Å². The zero-order valence-corrected chi connectivity index (χ0v) is 11.3. The maximum absolute atomic E-state index is 5.73. The standard InChI is InChI=1S/C13H27N3O/c1-15-6-3-12(10-15)4-7-16(2)11-13-9-14-5-8-17-13/h12-14H,3-11H2,1-2H3. The highest BCUT2D eigenvalue weighted by Gasteiger charge is 2.20. The minimum absolute atomic E-state index is 0.389. The Morgan fingerprint density at radius 1 is 1.47 bits per heavy atom. The first kappa shape index (κ1) is 13.3. The molecule has 0 spiro atoms. The molecule has 2 aliphatic rings. The molecule has 0 aromatic heterocycles. The zero-order chi connectivity index (χ0) is 12.1. The fourth-order valence-corrected chi connectivity index (χ4v) is 2.84. The number of nitrogens with zero attached hydrogens (tertiary/aromatic N) is 2. The van der Waals surface area contributed by atoms with Crippen LogP contribution in [-0.2, 0) is 4.74 Å². The number of rotatable bonds is 5. The molecule has 1 N–H and O–H groups in total. The van der Waals surface area contributed by atoms with E-state index < -0.39 is 0 Å². The Kier molecular flexibility index (Phi) is 5.22. The quantitative estimate of drug-likeness (QED) is 0.747. The van der Waals surface area contributed by atoms with Crippen LogP contribution in [0.4, 0.5) is 0 Å². The van der Waals surface area contributed by atoms with Crippen LogP contribution in [0.2, 0.25) is 0 Å². The molecule has 2 heterocycles. The van der Waals surface area contributed by atoms with E-state index in [1.807, 2.05) is 0 Å². The largest absolute Gasteiger partial charge is 0.374 e. The Bertz CT molecular complexity index is 219. The van der Waals surface area contributed by atoms with Gasteiger partial charge in [0, 0.05) is 26.2 Å². The Morgan fingerprint density at radius 3 is 3.00 bits per heavy atom. The van der Waals surface area contributed by atoms with Gasteiger partial charge in [-0.3, -0.25) is 0 Å². The topological polar surface area (TPSA) is 27.7 Å². The average Bonchev–Trinajstić information content (AvgIpc) is 2.74. The number of hydrogen-bond acceptors (Lipinski definition) is 4. The van der Waals surface area contributed by atoms with Crippen LogP contribution in [0.3, 0.4) is 0 Å². The summed E-state index contributed by atoms with van der Waals surface area (Å²) in [5.74, 6) is 0.910. The fraction of sp³-hybridized carbons (Fsp3) is 1.00. The zero-order valence-electron chi connectivity index (χ0n) is 11.3. The molecule has 2 atom stereocenters. The number of morpholine rings is 1. The predicted octanol–water partition coefficient (Wildman–Crippen LogP) is 0.248. The summed E-state index contributed by atoms with van der Waals surface area (Å²) in [5, 5.41) is 3.38. The molecule has 0 radical (unpaired) electrons. The predicted molar refractivity (Wildman–Crippen MR) is 70.3 cm³/mol. The lowest BCUT2D eigenvalue weighted by Gasteiger charge is -2.28. The van der Waals surface area contributed by atoms with Crippen molar-refractivity contribution in [2.24, 2.45) is 5.92 Å². The van der Waals surface area contributed by atoms with Crippen molar-refractivity contribution in [3.05, 3.63) is 0 Å². The van der Waals surface area contributed by atoms with E-state index in [0.717, 1.165) is 32.2 Å². The van der Waals surface area contributed by atoms with Gasteiger partial charge in [-0.25, -0.2) is 0 Å². The molecule has 0 aliphatic carbocycles. The summed E-state index contributed by atoms with van der Waals surface area (Å²) in [6, 6.07) is 0. The third-order valence-corrected chi connectivity index (χ3v) is 3.93. The van der Waals surface area contributed by atoms with Gasteiger partial charge in [-0.05, 0) is 45.9 Å². The minimum atomic E-state index is 0.389. The third kappa shape index (κ3) is 4.54. The van der Waals surface area contributed by atoms with Crippen LogP contribution in [0.25, 0.3) is 0 Å². The third-order valence-electron chi connectivity index (χ3n) is 3.93. The molecule has 2 rings (SSSR count). The number of likely N-dealkylation sites (tertiary alicyclic amines) is 1. The fourth-order valence-electron chi connectivity index (χ4n) is 2.84. The van der Waals surface area contributed by atoms with Crippen LogP contribution in [0, 0.1) is 5.92 Å². The Balaban J connectivity index is 1.58. The van der Waals surface area contributed by atoms with Crippen molar-refractivity contribution in [3.8, 4) is 0 Å². The van der Waals surface area contributed by atoms with Gasteiger partial charge in [0.1, 0.15) is 0 Å². The van der Waals surface area contributed by atoms with Gasteiger partial charge in [-0.1, -0.05) is 0 Å². The van der Waals surface area contributed by atoms with E-state index in [4.69, 9.17) is 4.74 Å². The Labute approximate surface area is 105 Å². The van der Waals surface area contributed by atoms with Crippen LogP contribution >= 0.6 is 0 Å². The number of hydrogen-bond donors (Lipinski definition) is 1. The van der Waals surface area contributed by atoms with Crippen LogP contribution in [0.5, 0.6) is 0 Å². The average molecular weight is 241 g/mol. The molecule has 2 unspecified atom stereocenters. The van der Waals surface area contributed by atoms with Crippen molar-refractivity contribution in [2.45, 2.75) is 18.9 Å². The molecule has 17 heavy (non-hydrogen) atoms. The SMILES string of the molecule is CN1CCC(CCN(C)CC2CNCCO2)C1. The maximum atomic E-state index is 5.73. The Morgan fingerprint density at radius 2 is 2.35 bits per heavy atom. The van der Waals surface area contributed by atoms with Crippen molar-refractivity contribution in [3.63, 3.8) is 0 Å². The summed E-state index contributed by atoms with van der Waals surface area (Å²) in [6.45, 7) is 7.73. The highest BCUT2D eigenvalue weighted by atomic mass is 16.5. The second-order valence-electron chi connectivity index (χ2n) is 5.66. The molecule has 0 bridgehead atoms. The van der Waals surface area contributed by atoms with Gasteiger partial charge >= 0.3 is 0 Å². The second kappa shape index (κ2) is 6.69. The van der Waals surface area contributed by atoms with E-state index >= 15 is 0 Å². The van der Waals surface area contributed by atoms with Crippen molar-refractivity contribution < 1.29 is 4.74 Å². The minimum Gasteiger partial charge on any atom is -0.374 e. The maximum Gasteiger partial charge on any atom is 0.0826 e. The Hall–Kier alpha value is -0.160. The molecule has 4 nitrogen and oxygen atoms in total. The first-order valence-electron chi connectivity index (χ1n) is 6.93. The van der Waals surface area contributed by atoms with Crippen molar-refractivity contribution in [2.75, 3.05) is 60.0 Å². The summed E-state index contributed by atoms with van der Waals surface area (Å²) in [7, 11) is 4.45. The highest BCUT2D eigenvalue weighted by Crippen LogP contribution is 2.18. The van der Waals surface area contributed by atoms with Gasteiger partial charge in [-0.15, -0.1) is 0 Å². The van der Waals surface area contributed by atoms with Crippen LogP contribution < -0.4 is 5.32 Å². The molecule has 4 heteroatoms. The molecule has 100 valence electrons. The molecule has 0 aromatic rings. The van der Waals surface area contributed by atoms with Crippen molar-refractivity contribution in [1.29, 1.82) is 0 Å². The van der Waals surface area contributed by atoms with Gasteiger partial charge in [0.25, 0.3) is 0 Å². The van der Waals surface area contributed by atoms with E-state index in [-0.39, 0.29) is 0 Å². The van der Waals surface area contributed by atoms with E-state index in [9.17, 15) is 0 Å². The van der Waals surface area contributed by atoms with E-state index in [1.165, 1.54) is 32.5 Å². The molecule has 0 aromatic carbocycles. The van der Waals surface area contributed by atoms with E-state index in [0.29, 0.717) is 6.10 Å². The first-order valence-corrected chi connectivity index (χ1v) is 6.93. The van der Waals surface area contributed by atoms with Crippen LogP contribution in [0.15, 0.2) is 0 Å². The molecular formula is C13H27N3O. The number of likely N-dealkylation sites (N-methyl/N-ethyl adjacent to an activating group) is 1. The van der Waals surface area contributed by atoms with Crippen molar-refractivity contribution >= 4 is 0 Å². The van der Waals surface area contributed by atoms with Gasteiger partial charge in [0.05, 0.1) is 12.7 Å². The lowest BCUT2D eigenvalue weighted by molar-refractivity contribution is 0.00941. The molecule has 2 saturated heterocycles. The van der Waals surface area contributed by atoms with Gasteiger partial charge in [0.2, 0.25) is 0 Å². The number of nitrogens with one attached hydrogen (secondary N) is 1. The van der Waals surface area contributed by atoms with Crippen LogP contribution in [-0.4, -0.2) is 75.9 Å². The van der Waals surface area contributed by atoms with Gasteiger partial charge in [0.15, 0.2) is 0 Å². The normalized spacial score (nSPS) is 31.2. The van der Waals surface area contributed by atoms with E-state index in [2.05, 4.69) is 29.2 Å². The highest BCUT2D eigenvalue weighted by molar-refractivity contribution is 4.75. The summed E-state index contributed by atoms with van der Waals surface area (Å²) in [4.78, 5) is 4.87. The molecule has 0 amide bonds. The summed E-state index contributed by atoms with van der Waals surface area (Å²) >= 11 is 0. The van der Waals surface area contributed by atoms with Gasteiger partial charge in [-0.2, -0.15) is 0 Å². The lowest BCUT2D eigenvalue weighted by Crippen LogP contribution is -2.44.